The zero-order chi connectivity index (χ0) is 16.4. The monoisotopic (exact) mass is 361 g/mol. The number of nitro groups is 1. The number of aliphatic hydroxyl groups is 1. The lowest BCUT2D eigenvalue weighted by Gasteiger charge is -2.21. The second kappa shape index (κ2) is 6.40. The topological polar surface area (TPSA) is 110 Å². The third kappa shape index (κ3) is 4.15. The van der Waals surface area contributed by atoms with Crippen molar-refractivity contribution in [3.63, 3.8) is 0 Å². The molecule has 0 amide bonds. The fraction of sp³-hybridized carbons (Fsp3) is 0.462. The van der Waals surface area contributed by atoms with Crippen molar-refractivity contribution in [1.29, 1.82) is 0 Å². The van der Waals surface area contributed by atoms with Gasteiger partial charge in [0.05, 0.1) is 16.4 Å². The van der Waals surface area contributed by atoms with E-state index in [-0.39, 0.29) is 23.6 Å². The van der Waals surface area contributed by atoms with E-state index in [1.165, 1.54) is 32.9 Å². The van der Waals surface area contributed by atoms with Crippen molar-refractivity contribution in [3.05, 3.63) is 32.3 Å². The van der Waals surface area contributed by atoms with Crippen LogP contribution in [0.2, 0.25) is 0 Å². The van der Waals surface area contributed by atoms with Crippen molar-refractivity contribution < 1.29 is 24.7 Å². The van der Waals surface area contributed by atoms with E-state index < -0.39 is 22.4 Å². The second-order valence-electron chi connectivity index (χ2n) is 5.25. The molecule has 0 aliphatic rings. The molecule has 0 spiro atoms. The van der Waals surface area contributed by atoms with Gasteiger partial charge in [-0.15, -0.1) is 0 Å². The molecule has 1 rings (SSSR count). The molecule has 0 fully saturated rings. The number of nitro benzene ring substituents is 1. The summed E-state index contributed by atoms with van der Waals surface area (Å²) in [6, 6.07) is 2.75. The van der Waals surface area contributed by atoms with Gasteiger partial charge in [-0.05, 0) is 26.8 Å². The van der Waals surface area contributed by atoms with Gasteiger partial charge in [0.2, 0.25) is 5.75 Å². The van der Waals surface area contributed by atoms with Crippen molar-refractivity contribution in [2.75, 3.05) is 6.61 Å². The van der Waals surface area contributed by atoms with Crippen LogP contribution in [-0.2, 0) is 4.79 Å². The number of aliphatic carboxylic acids is 1. The molecule has 0 saturated heterocycles. The lowest BCUT2D eigenvalue weighted by molar-refractivity contribution is -0.386. The maximum atomic E-state index is 11.1. The van der Waals surface area contributed by atoms with Gasteiger partial charge in [-0.1, -0.05) is 15.9 Å². The molecular formula is C13H16BrNO6. The molecule has 0 radical (unpaired) electrons. The summed E-state index contributed by atoms with van der Waals surface area (Å²) < 4.78 is 5.79. The van der Waals surface area contributed by atoms with Gasteiger partial charge in [0.1, 0.15) is 6.61 Å². The zero-order valence-electron chi connectivity index (χ0n) is 11.8. The number of nitrogens with zero attached hydrogens (tertiary/aromatic N) is 1. The van der Waals surface area contributed by atoms with Gasteiger partial charge in [-0.25, -0.2) is 0 Å². The van der Waals surface area contributed by atoms with Crippen molar-refractivity contribution in [3.8, 4) is 5.75 Å². The number of carboxylic acid groups (broad SMARTS) is 1. The summed E-state index contributed by atoms with van der Waals surface area (Å²) in [7, 11) is 0. The number of ether oxygens (including phenoxy) is 1. The molecule has 0 heterocycles. The molecule has 1 atom stereocenters. The van der Waals surface area contributed by atoms with E-state index >= 15 is 0 Å². The van der Waals surface area contributed by atoms with E-state index in [2.05, 4.69) is 15.9 Å². The Balaban J connectivity index is 3.26. The number of halogens is 1. The molecule has 1 aromatic carbocycles. The molecule has 8 heteroatoms. The van der Waals surface area contributed by atoms with Gasteiger partial charge < -0.3 is 14.9 Å². The Hall–Kier alpha value is -1.67. The van der Waals surface area contributed by atoms with Gasteiger partial charge in [0, 0.05) is 16.1 Å². The third-order valence-corrected chi connectivity index (χ3v) is 3.32. The van der Waals surface area contributed by atoms with Crippen LogP contribution in [0.3, 0.4) is 0 Å². The standard InChI is InChI=1S/C13H16BrNO6/c1-7(16)9-4-8(14)5-10(15(19)20)11(9)21-6-13(2,3)12(17)18/h4-5,7,16H,6H2,1-3H3,(H,17,18). The number of carboxylic acids is 1. The zero-order valence-corrected chi connectivity index (χ0v) is 13.4. The summed E-state index contributed by atoms with van der Waals surface area (Å²) >= 11 is 3.13. The van der Waals surface area contributed by atoms with E-state index in [0.29, 0.717) is 4.47 Å². The summed E-state index contributed by atoms with van der Waals surface area (Å²) in [4.78, 5) is 21.5. The molecular weight excluding hydrogens is 346 g/mol. The van der Waals surface area contributed by atoms with Crippen LogP contribution < -0.4 is 4.74 Å². The Morgan fingerprint density at radius 2 is 2.10 bits per heavy atom. The predicted molar refractivity (Wildman–Crippen MR) is 78.3 cm³/mol. The number of benzene rings is 1. The molecule has 21 heavy (non-hydrogen) atoms. The van der Waals surface area contributed by atoms with Gasteiger partial charge >= 0.3 is 11.7 Å². The maximum absolute atomic E-state index is 11.1. The van der Waals surface area contributed by atoms with E-state index in [1.807, 2.05) is 0 Å². The molecule has 0 bridgehead atoms. The number of rotatable bonds is 6. The van der Waals surface area contributed by atoms with Gasteiger partial charge in [0.25, 0.3) is 0 Å². The first-order valence-electron chi connectivity index (χ1n) is 6.08. The third-order valence-electron chi connectivity index (χ3n) is 2.87. The smallest absolute Gasteiger partial charge is 0.312 e. The predicted octanol–water partition coefficient (Wildman–Crippen LogP) is 2.90. The number of hydrogen-bond acceptors (Lipinski definition) is 5. The van der Waals surface area contributed by atoms with Crippen LogP contribution in [0.4, 0.5) is 5.69 Å². The van der Waals surface area contributed by atoms with Crippen molar-refractivity contribution in [1.82, 2.24) is 0 Å². The van der Waals surface area contributed by atoms with Crippen LogP contribution in [0.25, 0.3) is 0 Å². The lowest BCUT2D eigenvalue weighted by atomic mass is 9.95. The second-order valence-corrected chi connectivity index (χ2v) is 6.17. The van der Waals surface area contributed by atoms with Crippen LogP contribution in [0.15, 0.2) is 16.6 Å². The Morgan fingerprint density at radius 1 is 1.52 bits per heavy atom. The largest absolute Gasteiger partial charge is 0.485 e. The molecule has 1 unspecified atom stereocenters. The van der Waals surface area contributed by atoms with Gasteiger partial charge in [0.15, 0.2) is 0 Å². The molecule has 0 aliphatic carbocycles. The van der Waals surface area contributed by atoms with Crippen molar-refractivity contribution >= 4 is 27.6 Å². The van der Waals surface area contributed by atoms with Crippen LogP contribution in [0.1, 0.15) is 32.4 Å². The highest BCUT2D eigenvalue weighted by Gasteiger charge is 2.31. The number of hydrogen-bond donors (Lipinski definition) is 2. The van der Waals surface area contributed by atoms with Gasteiger partial charge in [-0.2, -0.15) is 0 Å². The lowest BCUT2D eigenvalue weighted by Crippen LogP contribution is -2.31. The van der Waals surface area contributed by atoms with E-state index in [1.54, 1.807) is 0 Å². The summed E-state index contributed by atoms with van der Waals surface area (Å²) in [5.74, 6) is -1.20. The fourth-order valence-corrected chi connectivity index (χ4v) is 1.98. The van der Waals surface area contributed by atoms with E-state index in [9.17, 15) is 20.0 Å². The Bertz CT molecular complexity index is 570. The average Bonchev–Trinajstić information content (AvgIpc) is 2.35. The summed E-state index contributed by atoms with van der Waals surface area (Å²) in [6.45, 7) is 4.08. The highest BCUT2D eigenvalue weighted by molar-refractivity contribution is 9.10. The van der Waals surface area contributed by atoms with Gasteiger partial charge in [-0.3, -0.25) is 14.9 Å². The average molecular weight is 362 g/mol. The summed E-state index contributed by atoms with van der Waals surface area (Å²) in [6.07, 6.45) is -0.996. The molecule has 116 valence electrons. The molecule has 1 aromatic rings. The normalized spacial score (nSPS) is 12.8. The van der Waals surface area contributed by atoms with Crippen LogP contribution in [0, 0.1) is 15.5 Å². The molecule has 2 N–H and O–H groups in total. The first-order valence-corrected chi connectivity index (χ1v) is 6.87. The highest BCUT2D eigenvalue weighted by Crippen LogP contribution is 2.38. The highest BCUT2D eigenvalue weighted by atomic mass is 79.9. The van der Waals surface area contributed by atoms with Crippen LogP contribution in [-0.4, -0.2) is 27.7 Å². The molecule has 7 nitrogen and oxygen atoms in total. The first-order chi connectivity index (χ1) is 9.56. The minimum atomic E-state index is -1.21. The summed E-state index contributed by atoms with van der Waals surface area (Å²) in [5, 5.41) is 29.9. The number of carbonyl (C=O) groups is 1. The Labute approximate surface area is 129 Å². The number of aliphatic hydroxyl groups excluding tert-OH is 1. The quantitative estimate of drug-likeness (QED) is 0.595. The first kappa shape index (κ1) is 17.4. The Kier molecular flexibility index (Phi) is 5.30. The van der Waals surface area contributed by atoms with Crippen molar-refractivity contribution in [2.45, 2.75) is 26.9 Å². The van der Waals surface area contributed by atoms with Crippen LogP contribution >= 0.6 is 15.9 Å². The van der Waals surface area contributed by atoms with E-state index in [0.717, 1.165) is 0 Å². The maximum Gasteiger partial charge on any atom is 0.312 e. The minimum absolute atomic E-state index is 0.118. The molecule has 0 aromatic heterocycles. The van der Waals surface area contributed by atoms with E-state index in [4.69, 9.17) is 9.84 Å². The summed E-state index contributed by atoms with van der Waals surface area (Å²) in [5.41, 5.74) is -1.32. The van der Waals surface area contributed by atoms with Crippen molar-refractivity contribution in [2.24, 2.45) is 5.41 Å². The SMILES string of the molecule is CC(O)c1cc(Br)cc([N+](=O)[O-])c1OCC(C)(C)C(=O)O. The molecule has 0 aliphatic heterocycles. The van der Waals surface area contributed by atoms with Crippen LogP contribution in [0.5, 0.6) is 5.75 Å². The fourth-order valence-electron chi connectivity index (χ4n) is 1.52. The molecule has 0 saturated carbocycles. The minimum Gasteiger partial charge on any atom is -0.485 e. The Morgan fingerprint density at radius 3 is 2.52 bits per heavy atom.